The molecule has 118 valence electrons. The third-order valence-electron chi connectivity index (χ3n) is 3.06. The standard InChI is InChI=1S/C15H15ClFNO3S/c1-3-21-12-5-7-13(8-6-12)22(19,20)18(2)11-4-9-15(17)14(16)10-11/h4-10H,3H2,1-2H3. The lowest BCUT2D eigenvalue weighted by atomic mass is 10.3. The Kier molecular flexibility index (Phi) is 4.93. The van der Waals surface area contributed by atoms with Crippen LogP contribution in [0.2, 0.25) is 5.02 Å². The van der Waals surface area contributed by atoms with E-state index in [9.17, 15) is 12.8 Å². The molecule has 0 unspecified atom stereocenters. The minimum atomic E-state index is -3.76. The zero-order valence-corrected chi connectivity index (χ0v) is 13.7. The number of nitrogens with zero attached hydrogens (tertiary/aromatic N) is 1. The van der Waals surface area contributed by atoms with Gasteiger partial charge >= 0.3 is 0 Å². The van der Waals surface area contributed by atoms with Gasteiger partial charge in [0, 0.05) is 7.05 Å². The van der Waals surface area contributed by atoms with E-state index in [1.54, 1.807) is 12.1 Å². The Morgan fingerprint density at radius 3 is 2.36 bits per heavy atom. The molecule has 0 spiro atoms. The molecule has 0 atom stereocenters. The van der Waals surface area contributed by atoms with Crippen molar-refractivity contribution in [2.24, 2.45) is 0 Å². The number of rotatable bonds is 5. The van der Waals surface area contributed by atoms with Crippen LogP contribution in [0.1, 0.15) is 6.92 Å². The van der Waals surface area contributed by atoms with Crippen LogP contribution in [0.3, 0.4) is 0 Å². The van der Waals surface area contributed by atoms with Crippen molar-refractivity contribution in [3.8, 4) is 5.75 Å². The predicted molar refractivity (Wildman–Crippen MR) is 84.6 cm³/mol. The maximum Gasteiger partial charge on any atom is 0.264 e. The molecule has 4 nitrogen and oxygen atoms in total. The number of hydrogen-bond donors (Lipinski definition) is 0. The third kappa shape index (κ3) is 3.34. The number of hydrogen-bond acceptors (Lipinski definition) is 3. The van der Waals surface area contributed by atoms with Crippen LogP contribution < -0.4 is 9.04 Å². The maximum atomic E-state index is 13.2. The van der Waals surface area contributed by atoms with Gasteiger partial charge in [0.15, 0.2) is 0 Å². The highest BCUT2D eigenvalue weighted by molar-refractivity contribution is 7.92. The van der Waals surface area contributed by atoms with Gasteiger partial charge in [-0.05, 0) is 49.4 Å². The van der Waals surface area contributed by atoms with Crippen LogP contribution in [0.25, 0.3) is 0 Å². The Morgan fingerprint density at radius 1 is 1.18 bits per heavy atom. The van der Waals surface area contributed by atoms with Crippen molar-refractivity contribution >= 4 is 27.3 Å². The molecular formula is C15H15ClFNO3S. The van der Waals surface area contributed by atoms with Crippen molar-refractivity contribution in [2.75, 3.05) is 18.0 Å². The topological polar surface area (TPSA) is 46.6 Å². The van der Waals surface area contributed by atoms with Gasteiger partial charge in [-0.25, -0.2) is 12.8 Å². The average Bonchev–Trinajstić information content (AvgIpc) is 2.50. The highest BCUT2D eigenvalue weighted by Crippen LogP contribution is 2.27. The van der Waals surface area contributed by atoms with Crippen molar-refractivity contribution in [1.29, 1.82) is 0 Å². The van der Waals surface area contributed by atoms with Gasteiger partial charge in [0.05, 0.1) is 22.2 Å². The fourth-order valence-electron chi connectivity index (χ4n) is 1.85. The van der Waals surface area contributed by atoms with Crippen molar-refractivity contribution in [2.45, 2.75) is 11.8 Å². The zero-order chi connectivity index (χ0) is 16.3. The Bertz CT molecular complexity index is 763. The van der Waals surface area contributed by atoms with Crippen LogP contribution in [-0.4, -0.2) is 22.1 Å². The third-order valence-corrected chi connectivity index (χ3v) is 5.15. The van der Waals surface area contributed by atoms with Crippen LogP contribution in [-0.2, 0) is 10.0 Å². The summed E-state index contributed by atoms with van der Waals surface area (Å²) in [5.41, 5.74) is 0.278. The molecule has 2 rings (SSSR count). The molecular weight excluding hydrogens is 329 g/mol. The fourth-order valence-corrected chi connectivity index (χ4v) is 3.21. The average molecular weight is 344 g/mol. The molecule has 0 aliphatic heterocycles. The number of halogens is 2. The quantitative estimate of drug-likeness (QED) is 0.831. The van der Waals surface area contributed by atoms with Gasteiger partial charge < -0.3 is 4.74 Å². The highest BCUT2D eigenvalue weighted by atomic mass is 35.5. The number of benzene rings is 2. The molecule has 7 heteroatoms. The minimum absolute atomic E-state index is 0.110. The van der Waals surface area contributed by atoms with E-state index in [1.807, 2.05) is 6.92 Å². The molecule has 0 saturated heterocycles. The molecule has 0 N–H and O–H groups in total. The van der Waals surface area contributed by atoms with E-state index in [-0.39, 0.29) is 15.6 Å². The second-order valence-electron chi connectivity index (χ2n) is 4.48. The highest BCUT2D eigenvalue weighted by Gasteiger charge is 2.22. The fraction of sp³-hybridized carbons (Fsp3) is 0.200. The number of sulfonamides is 1. The van der Waals surface area contributed by atoms with Gasteiger partial charge in [-0.3, -0.25) is 4.31 Å². The summed E-state index contributed by atoms with van der Waals surface area (Å²) in [6, 6.07) is 9.84. The monoisotopic (exact) mass is 343 g/mol. The van der Waals surface area contributed by atoms with E-state index in [0.29, 0.717) is 12.4 Å². The second-order valence-corrected chi connectivity index (χ2v) is 6.85. The van der Waals surface area contributed by atoms with E-state index in [1.165, 1.54) is 31.3 Å². The summed E-state index contributed by atoms with van der Waals surface area (Å²) >= 11 is 5.70. The smallest absolute Gasteiger partial charge is 0.264 e. The summed E-state index contributed by atoms with van der Waals surface area (Å²) in [6.07, 6.45) is 0. The van der Waals surface area contributed by atoms with E-state index >= 15 is 0 Å². The summed E-state index contributed by atoms with van der Waals surface area (Å²) in [7, 11) is -2.37. The molecule has 0 amide bonds. The van der Waals surface area contributed by atoms with Crippen LogP contribution in [0.4, 0.5) is 10.1 Å². The summed E-state index contributed by atoms with van der Waals surface area (Å²) in [6.45, 7) is 2.34. The molecule has 0 aromatic heterocycles. The van der Waals surface area contributed by atoms with Crippen molar-refractivity contribution in [3.05, 3.63) is 53.3 Å². The number of ether oxygens (including phenoxy) is 1. The van der Waals surface area contributed by atoms with Crippen LogP contribution in [0.15, 0.2) is 47.4 Å². The van der Waals surface area contributed by atoms with E-state index < -0.39 is 15.8 Å². The summed E-state index contributed by atoms with van der Waals surface area (Å²) in [5, 5.41) is -0.133. The molecule has 22 heavy (non-hydrogen) atoms. The van der Waals surface area contributed by atoms with Gasteiger partial charge in [-0.2, -0.15) is 0 Å². The molecule has 0 bridgehead atoms. The summed E-state index contributed by atoms with van der Waals surface area (Å²) in [4.78, 5) is 0.110. The van der Waals surface area contributed by atoms with Gasteiger partial charge in [-0.15, -0.1) is 0 Å². The van der Waals surface area contributed by atoms with Crippen molar-refractivity contribution < 1.29 is 17.5 Å². The zero-order valence-electron chi connectivity index (χ0n) is 12.1. The van der Waals surface area contributed by atoms with Gasteiger partial charge in [0.25, 0.3) is 10.0 Å². The Labute approximate surface area is 134 Å². The Morgan fingerprint density at radius 2 is 1.82 bits per heavy atom. The van der Waals surface area contributed by atoms with Gasteiger partial charge in [0.1, 0.15) is 11.6 Å². The lowest BCUT2D eigenvalue weighted by molar-refractivity contribution is 0.340. The van der Waals surface area contributed by atoms with Crippen LogP contribution >= 0.6 is 11.6 Å². The van der Waals surface area contributed by atoms with Crippen molar-refractivity contribution in [3.63, 3.8) is 0 Å². The van der Waals surface area contributed by atoms with Crippen LogP contribution in [0.5, 0.6) is 5.75 Å². The molecule has 0 radical (unpaired) electrons. The maximum absolute atomic E-state index is 13.2. The lowest BCUT2D eigenvalue weighted by Gasteiger charge is -2.20. The van der Waals surface area contributed by atoms with E-state index in [4.69, 9.17) is 16.3 Å². The molecule has 0 fully saturated rings. The molecule has 0 heterocycles. The molecule has 0 aliphatic rings. The predicted octanol–water partition coefficient (Wildman–Crippen LogP) is 3.70. The SMILES string of the molecule is CCOc1ccc(S(=O)(=O)N(C)c2ccc(F)c(Cl)c2)cc1. The first-order valence-electron chi connectivity index (χ1n) is 6.53. The van der Waals surface area contributed by atoms with E-state index in [2.05, 4.69) is 0 Å². The first-order chi connectivity index (χ1) is 10.4. The molecule has 2 aromatic carbocycles. The summed E-state index contributed by atoms with van der Waals surface area (Å²) < 4.78 is 44.6. The van der Waals surface area contributed by atoms with Gasteiger partial charge in [-0.1, -0.05) is 11.6 Å². The van der Waals surface area contributed by atoms with Crippen molar-refractivity contribution in [1.82, 2.24) is 0 Å². The largest absolute Gasteiger partial charge is 0.494 e. The summed E-state index contributed by atoms with van der Waals surface area (Å²) in [5.74, 6) is -0.00814. The lowest BCUT2D eigenvalue weighted by Crippen LogP contribution is -2.26. The van der Waals surface area contributed by atoms with Gasteiger partial charge in [0.2, 0.25) is 0 Å². The van der Waals surface area contributed by atoms with E-state index in [0.717, 1.165) is 10.4 Å². The molecule has 0 saturated carbocycles. The second kappa shape index (κ2) is 6.54. The Balaban J connectivity index is 2.34. The normalized spacial score (nSPS) is 11.3. The Hall–Kier alpha value is -1.79. The first kappa shape index (κ1) is 16.6. The van der Waals surface area contributed by atoms with Crippen LogP contribution in [0, 0.1) is 5.82 Å². The minimum Gasteiger partial charge on any atom is -0.494 e. The molecule has 0 aliphatic carbocycles. The molecule has 2 aromatic rings. The number of anilines is 1. The first-order valence-corrected chi connectivity index (χ1v) is 8.35.